The van der Waals surface area contributed by atoms with Crippen molar-refractivity contribution in [1.29, 1.82) is 0 Å². The lowest BCUT2D eigenvalue weighted by Gasteiger charge is -2.19. The average molecular weight is 340 g/mol. The maximum Gasteiger partial charge on any atom is 0.319 e. The Morgan fingerprint density at radius 3 is 2.84 bits per heavy atom. The third-order valence-electron chi connectivity index (χ3n) is 4.03. The van der Waals surface area contributed by atoms with Crippen LogP contribution in [-0.2, 0) is 0 Å². The summed E-state index contributed by atoms with van der Waals surface area (Å²) in [7, 11) is 0. The number of aliphatic hydroxyl groups is 1. The molecule has 0 bridgehead atoms. The molecule has 3 rings (SSSR count). The van der Waals surface area contributed by atoms with Gasteiger partial charge in [0.1, 0.15) is 11.2 Å². The summed E-state index contributed by atoms with van der Waals surface area (Å²) in [5.41, 5.74) is 2.50. The Morgan fingerprint density at radius 2 is 2.12 bits per heavy atom. The predicted molar refractivity (Wildman–Crippen MR) is 95.1 cm³/mol. The second-order valence-electron chi connectivity index (χ2n) is 5.96. The highest BCUT2D eigenvalue weighted by molar-refractivity contribution is 5.92. The molecule has 0 saturated carbocycles. The van der Waals surface area contributed by atoms with E-state index in [1.807, 2.05) is 32.0 Å². The van der Waals surface area contributed by atoms with Crippen molar-refractivity contribution in [3.05, 3.63) is 42.6 Å². The van der Waals surface area contributed by atoms with Crippen LogP contribution in [0, 0.1) is 5.92 Å². The topological polar surface area (TPSA) is 100 Å². The summed E-state index contributed by atoms with van der Waals surface area (Å²) < 4.78 is 5.73. The van der Waals surface area contributed by atoms with Crippen LogP contribution in [0.1, 0.15) is 13.8 Å². The predicted octanol–water partition coefficient (Wildman–Crippen LogP) is 3.03. The van der Waals surface area contributed by atoms with Gasteiger partial charge in [0, 0.05) is 30.6 Å². The number of nitrogens with one attached hydrogen (secondary N) is 2. The molecule has 0 unspecified atom stereocenters. The van der Waals surface area contributed by atoms with Gasteiger partial charge in [-0.1, -0.05) is 13.0 Å². The highest BCUT2D eigenvalue weighted by atomic mass is 16.3. The zero-order chi connectivity index (χ0) is 17.8. The smallest absolute Gasteiger partial charge is 0.319 e. The van der Waals surface area contributed by atoms with E-state index in [1.165, 1.54) is 0 Å². The van der Waals surface area contributed by atoms with Crippen LogP contribution in [0.5, 0.6) is 0 Å². The number of amides is 2. The molecule has 7 heteroatoms. The van der Waals surface area contributed by atoms with Crippen LogP contribution < -0.4 is 10.6 Å². The molecule has 2 aromatic heterocycles. The second kappa shape index (κ2) is 7.31. The maximum atomic E-state index is 12.0. The average Bonchev–Trinajstić information content (AvgIpc) is 3.05. The van der Waals surface area contributed by atoms with Crippen LogP contribution in [0.25, 0.3) is 22.7 Å². The molecular weight excluding hydrogens is 320 g/mol. The maximum absolute atomic E-state index is 12.0. The molecule has 0 saturated heterocycles. The van der Waals surface area contributed by atoms with Crippen molar-refractivity contribution in [2.24, 2.45) is 5.92 Å². The number of pyridine rings is 1. The molecule has 25 heavy (non-hydrogen) atoms. The van der Waals surface area contributed by atoms with Gasteiger partial charge in [-0.25, -0.2) is 9.78 Å². The number of aliphatic hydroxyl groups excluding tert-OH is 1. The van der Waals surface area contributed by atoms with Crippen LogP contribution >= 0.6 is 0 Å². The summed E-state index contributed by atoms with van der Waals surface area (Å²) in [4.78, 5) is 20.7. The van der Waals surface area contributed by atoms with E-state index in [4.69, 9.17) is 9.52 Å². The lowest BCUT2D eigenvalue weighted by molar-refractivity contribution is 0.204. The normalized spacial score (nSPS) is 13.4. The van der Waals surface area contributed by atoms with E-state index < -0.39 is 0 Å². The molecule has 0 aliphatic rings. The Kier molecular flexibility index (Phi) is 4.95. The molecular formula is C18H20N4O3. The van der Waals surface area contributed by atoms with E-state index in [9.17, 15) is 4.79 Å². The van der Waals surface area contributed by atoms with E-state index in [0.29, 0.717) is 28.4 Å². The molecule has 130 valence electrons. The third-order valence-corrected chi connectivity index (χ3v) is 4.03. The van der Waals surface area contributed by atoms with E-state index >= 15 is 0 Å². The van der Waals surface area contributed by atoms with Crippen molar-refractivity contribution >= 4 is 22.8 Å². The molecule has 0 fully saturated rings. The number of rotatable bonds is 5. The molecule has 2 atom stereocenters. The molecule has 0 radical (unpaired) electrons. The number of urea groups is 1. The number of fused-ring (bicyclic) bond motifs is 1. The van der Waals surface area contributed by atoms with Gasteiger partial charge in [0.05, 0.1) is 0 Å². The zero-order valence-electron chi connectivity index (χ0n) is 14.1. The van der Waals surface area contributed by atoms with E-state index in [0.717, 1.165) is 0 Å². The fraction of sp³-hybridized carbons (Fsp3) is 0.278. The Labute approximate surface area is 145 Å². The van der Waals surface area contributed by atoms with Gasteiger partial charge >= 0.3 is 6.03 Å². The molecule has 0 aliphatic heterocycles. The van der Waals surface area contributed by atoms with Crippen LogP contribution in [0.15, 0.2) is 47.0 Å². The van der Waals surface area contributed by atoms with Crippen molar-refractivity contribution < 1.29 is 14.3 Å². The minimum absolute atomic E-state index is 0.0156. The summed E-state index contributed by atoms with van der Waals surface area (Å²) >= 11 is 0. The lowest BCUT2D eigenvalue weighted by Crippen LogP contribution is -2.40. The van der Waals surface area contributed by atoms with Crippen LogP contribution in [0.3, 0.4) is 0 Å². The quantitative estimate of drug-likeness (QED) is 0.663. The monoisotopic (exact) mass is 340 g/mol. The number of hydrogen-bond acceptors (Lipinski definition) is 5. The van der Waals surface area contributed by atoms with Crippen LogP contribution in [0.2, 0.25) is 0 Å². The highest BCUT2D eigenvalue weighted by Crippen LogP contribution is 2.25. The molecule has 7 nitrogen and oxygen atoms in total. The number of oxazole rings is 1. The molecule has 2 heterocycles. The number of hydrogen-bond donors (Lipinski definition) is 3. The Balaban J connectivity index is 1.74. The van der Waals surface area contributed by atoms with Gasteiger partial charge in [-0.15, -0.1) is 0 Å². The summed E-state index contributed by atoms with van der Waals surface area (Å²) in [6.45, 7) is 3.73. The standard InChI is InChI=1S/C18H20N4O3/c1-11(10-23)12(2)20-18(24)21-13-6-7-14-16(9-13)25-17(22-14)15-5-3-4-8-19-15/h3-9,11-12,23H,10H2,1-2H3,(H2,20,21,24)/t11-,12-/m1/s1. The first-order valence-corrected chi connectivity index (χ1v) is 8.07. The minimum Gasteiger partial charge on any atom is -0.435 e. The van der Waals surface area contributed by atoms with Crippen molar-refractivity contribution in [2.45, 2.75) is 19.9 Å². The van der Waals surface area contributed by atoms with Gasteiger partial charge < -0.3 is 20.2 Å². The summed E-state index contributed by atoms with van der Waals surface area (Å²) in [5, 5.41) is 14.7. The summed E-state index contributed by atoms with van der Waals surface area (Å²) in [5.74, 6) is 0.408. The molecule has 0 spiro atoms. The first-order chi connectivity index (χ1) is 12.1. The molecule has 2 amide bonds. The van der Waals surface area contributed by atoms with E-state index in [-0.39, 0.29) is 24.6 Å². The minimum atomic E-state index is -0.336. The van der Waals surface area contributed by atoms with Crippen molar-refractivity contribution in [3.8, 4) is 11.6 Å². The van der Waals surface area contributed by atoms with Crippen molar-refractivity contribution in [3.63, 3.8) is 0 Å². The van der Waals surface area contributed by atoms with E-state index in [2.05, 4.69) is 20.6 Å². The van der Waals surface area contributed by atoms with Crippen molar-refractivity contribution in [1.82, 2.24) is 15.3 Å². The fourth-order valence-corrected chi connectivity index (χ4v) is 2.28. The van der Waals surface area contributed by atoms with Crippen LogP contribution in [-0.4, -0.2) is 33.8 Å². The van der Waals surface area contributed by atoms with Crippen molar-refractivity contribution in [2.75, 3.05) is 11.9 Å². The fourth-order valence-electron chi connectivity index (χ4n) is 2.28. The van der Waals surface area contributed by atoms with Gasteiger partial charge in [0.15, 0.2) is 5.58 Å². The summed E-state index contributed by atoms with van der Waals surface area (Å²) in [6.07, 6.45) is 1.68. The SMILES string of the molecule is C[C@H](CO)[C@@H](C)NC(=O)Nc1ccc2nc(-c3ccccn3)oc2c1. The summed E-state index contributed by atoms with van der Waals surface area (Å²) in [6, 6.07) is 10.3. The largest absolute Gasteiger partial charge is 0.435 e. The Bertz CT molecular complexity index is 863. The first-order valence-electron chi connectivity index (χ1n) is 8.07. The lowest BCUT2D eigenvalue weighted by atomic mass is 10.1. The number of carbonyl (C=O) groups excluding carboxylic acids is 1. The van der Waals surface area contributed by atoms with Gasteiger partial charge in [-0.3, -0.25) is 4.98 Å². The second-order valence-corrected chi connectivity index (χ2v) is 5.96. The first kappa shape index (κ1) is 16.9. The molecule has 1 aromatic carbocycles. The molecule has 3 N–H and O–H groups in total. The molecule has 0 aliphatic carbocycles. The number of nitrogens with zero attached hydrogens (tertiary/aromatic N) is 2. The Morgan fingerprint density at radius 1 is 1.28 bits per heavy atom. The van der Waals surface area contributed by atoms with E-state index in [1.54, 1.807) is 24.4 Å². The zero-order valence-corrected chi connectivity index (χ0v) is 14.1. The number of aromatic nitrogens is 2. The van der Waals surface area contributed by atoms with Gasteiger partial charge in [-0.05, 0) is 37.1 Å². The van der Waals surface area contributed by atoms with Gasteiger partial charge in [0.25, 0.3) is 0 Å². The molecule has 3 aromatic rings. The third kappa shape index (κ3) is 3.95. The Hall–Kier alpha value is -2.93. The number of carbonyl (C=O) groups is 1. The number of benzene rings is 1. The van der Waals surface area contributed by atoms with Crippen LogP contribution in [0.4, 0.5) is 10.5 Å². The highest BCUT2D eigenvalue weighted by Gasteiger charge is 2.15. The van der Waals surface area contributed by atoms with Gasteiger partial charge in [0.2, 0.25) is 5.89 Å². The number of anilines is 1. The van der Waals surface area contributed by atoms with Gasteiger partial charge in [-0.2, -0.15) is 0 Å².